The lowest BCUT2D eigenvalue weighted by Gasteiger charge is -2.46. The first kappa shape index (κ1) is 21.4. The zero-order valence-electron chi connectivity index (χ0n) is 15.9. The minimum atomic E-state index is -3.73. The summed E-state index contributed by atoms with van der Waals surface area (Å²) in [7, 11) is -2.06. The molecule has 0 N–H and O–H groups in total. The average Bonchev–Trinajstić information content (AvgIpc) is 2.68. The Morgan fingerprint density at radius 2 is 1.86 bits per heavy atom. The van der Waals surface area contributed by atoms with Gasteiger partial charge in [-0.05, 0) is 37.1 Å². The Kier molecular flexibility index (Phi) is 6.87. The largest absolute Gasteiger partial charge is 0.435 e. The molecule has 1 aromatic carbocycles. The molecule has 0 unspecified atom stereocenters. The second-order valence-corrected chi connectivity index (χ2v) is 8.99. The van der Waals surface area contributed by atoms with Gasteiger partial charge < -0.3 is 19.1 Å². The van der Waals surface area contributed by atoms with Crippen molar-refractivity contribution in [1.82, 2.24) is 9.21 Å². The third-order valence-corrected chi connectivity index (χ3v) is 7.14. The number of likely N-dealkylation sites (tertiary alicyclic amines) is 1. The van der Waals surface area contributed by atoms with E-state index in [2.05, 4.69) is 9.64 Å². The smallest absolute Gasteiger partial charge is 0.387 e. The summed E-state index contributed by atoms with van der Waals surface area (Å²) in [4.78, 5) is 2.34. The van der Waals surface area contributed by atoms with Gasteiger partial charge in [-0.1, -0.05) is 0 Å². The molecule has 0 bridgehead atoms. The molecule has 2 saturated heterocycles. The molecule has 0 saturated carbocycles. The maximum Gasteiger partial charge on any atom is 0.387 e. The number of rotatable bonds is 7. The Labute approximate surface area is 164 Å². The van der Waals surface area contributed by atoms with E-state index in [9.17, 15) is 17.2 Å². The third kappa shape index (κ3) is 4.98. The number of methoxy groups -OCH3 is 1. The molecule has 2 heterocycles. The lowest BCUT2D eigenvalue weighted by molar-refractivity contribution is -0.120. The Morgan fingerprint density at radius 1 is 1.18 bits per heavy atom. The Balaban J connectivity index is 1.66. The molecule has 28 heavy (non-hydrogen) atoms. The second-order valence-electron chi connectivity index (χ2n) is 7.05. The van der Waals surface area contributed by atoms with Gasteiger partial charge in [0.2, 0.25) is 10.0 Å². The van der Waals surface area contributed by atoms with E-state index in [0.29, 0.717) is 19.8 Å². The highest BCUT2D eigenvalue weighted by atomic mass is 32.2. The van der Waals surface area contributed by atoms with Crippen molar-refractivity contribution in [1.29, 1.82) is 0 Å². The zero-order chi connectivity index (χ0) is 20.2. The molecule has 0 radical (unpaired) electrons. The molecule has 1 aromatic rings. The monoisotopic (exact) mass is 420 g/mol. The van der Waals surface area contributed by atoms with Gasteiger partial charge in [-0.25, -0.2) is 8.42 Å². The number of morpholine rings is 1. The van der Waals surface area contributed by atoms with E-state index < -0.39 is 22.2 Å². The lowest BCUT2D eigenvalue weighted by atomic mass is 9.90. The third-order valence-electron chi connectivity index (χ3n) is 5.28. The number of nitrogens with zero attached hydrogens (tertiary/aromatic N) is 2. The summed E-state index contributed by atoms with van der Waals surface area (Å²) in [5.41, 5.74) is -0.479. The highest BCUT2D eigenvalue weighted by Gasteiger charge is 2.43. The minimum Gasteiger partial charge on any atom is -0.435 e. The van der Waals surface area contributed by atoms with Crippen molar-refractivity contribution in [2.24, 2.45) is 0 Å². The summed E-state index contributed by atoms with van der Waals surface area (Å²) in [5.74, 6) is -0.0733. The first-order valence-corrected chi connectivity index (χ1v) is 10.7. The maximum atomic E-state index is 13.0. The average molecular weight is 420 g/mol. The number of hydrogen-bond acceptors (Lipinski definition) is 6. The topological polar surface area (TPSA) is 68.3 Å². The van der Waals surface area contributed by atoms with Crippen LogP contribution in [0.2, 0.25) is 0 Å². The molecule has 7 nitrogen and oxygen atoms in total. The van der Waals surface area contributed by atoms with Gasteiger partial charge in [0.25, 0.3) is 0 Å². The molecular weight excluding hydrogens is 394 g/mol. The van der Waals surface area contributed by atoms with Crippen LogP contribution in [0.25, 0.3) is 0 Å². The van der Waals surface area contributed by atoms with E-state index in [0.717, 1.165) is 32.5 Å². The van der Waals surface area contributed by atoms with Crippen LogP contribution in [0.4, 0.5) is 8.78 Å². The molecule has 0 amide bonds. The molecule has 0 aliphatic carbocycles. The van der Waals surface area contributed by atoms with Crippen LogP contribution >= 0.6 is 0 Å². The minimum absolute atomic E-state index is 0.0590. The first-order valence-electron chi connectivity index (χ1n) is 9.25. The van der Waals surface area contributed by atoms with Crippen molar-refractivity contribution in [2.75, 3.05) is 53.0 Å². The van der Waals surface area contributed by atoms with E-state index in [1.807, 2.05) is 0 Å². The summed E-state index contributed by atoms with van der Waals surface area (Å²) < 4.78 is 67.4. The van der Waals surface area contributed by atoms with Gasteiger partial charge in [0.15, 0.2) is 0 Å². The summed E-state index contributed by atoms with van der Waals surface area (Å²) >= 11 is 0. The Bertz CT molecular complexity index is 737. The number of piperidine rings is 1. The summed E-state index contributed by atoms with van der Waals surface area (Å²) in [6.07, 6.45) is 1.51. The lowest BCUT2D eigenvalue weighted by Crippen LogP contribution is -2.58. The SMILES string of the molecule is COCCN1CCC2(CC1)CN(S(=O)(=O)c1ccc(OC(F)F)cc1)CCO2. The van der Waals surface area contributed by atoms with Gasteiger partial charge in [-0.15, -0.1) is 0 Å². The molecule has 158 valence electrons. The van der Waals surface area contributed by atoms with E-state index in [4.69, 9.17) is 9.47 Å². The predicted octanol–water partition coefficient (Wildman–Crippen LogP) is 1.79. The molecule has 2 aliphatic rings. The fourth-order valence-electron chi connectivity index (χ4n) is 3.66. The van der Waals surface area contributed by atoms with E-state index >= 15 is 0 Å². The van der Waals surface area contributed by atoms with Crippen LogP contribution in [-0.4, -0.2) is 82.9 Å². The first-order chi connectivity index (χ1) is 13.3. The molecule has 2 fully saturated rings. The zero-order valence-corrected chi connectivity index (χ0v) is 16.7. The number of ether oxygens (including phenoxy) is 3. The maximum absolute atomic E-state index is 13.0. The van der Waals surface area contributed by atoms with Crippen LogP contribution in [0.3, 0.4) is 0 Å². The number of alkyl halides is 2. The Hall–Kier alpha value is -1.33. The summed E-state index contributed by atoms with van der Waals surface area (Å²) in [5, 5.41) is 0. The van der Waals surface area contributed by atoms with Crippen LogP contribution in [0.1, 0.15) is 12.8 Å². The van der Waals surface area contributed by atoms with Gasteiger partial charge in [0, 0.05) is 39.8 Å². The standard InChI is InChI=1S/C18H26F2N2O5S/c1-25-12-10-21-8-6-18(7-9-21)14-22(11-13-26-18)28(23,24)16-4-2-15(3-5-16)27-17(19)20/h2-5,17H,6-14H2,1H3. The molecule has 0 atom stereocenters. The van der Waals surface area contributed by atoms with Gasteiger partial charge in [0.1, 0.15) is 5.75 Å². The molecule has 0 aromatic heterocycles. The second kappa shape index (κ2) is 9.00. The van der Waals surface area contributed by atoms with Crippen molar-refractivity contribution >= 4 is 10.0 Å². The fourth-order valence-corrected chi connectivity index (χ4v) is 5.16. The molecule has 1 spiro atoms. The van der Waals surface area contributed by atoms with Gasteiger partial charge in [-0.2, -0.15) is 13.1 Å². The van der Waals surface area contributed by atoms with Crippen LogP contribution < -0.4 is 4.74 Å². The summed E-state index contributed by atoms with van der Waals surface area (Å²) in [6, 6.07) is 5.07. The number of sulfonamides is 1. The van der Waals surface area contributed by atoms with Gasteiger partial charge in [0.05, 0.1) is 23.7 Å². The highest BCUT2D eigenvalue weighted by Crippen LogP contribution is 2.32. The molecule has 10 heteroatoms. The van der Waals surface area contributed by atoms with E-state index in [-0.39, 0.29) is 17.2 Å². The predicted molar refractivity (Wildman–Crippen MR) is 98.1 cm³/mol. The van der Waals surface area contributed by atoms with E-state index in [1.165, 1.54) is 28.6 Å². The summed E-state index contributed by atoms with van der Waals surface area (Å²) in [6.45, 7) is 1.13. The van der Waals surface area contributed by atoms with Crippen molar-refractivity contribution in [3.05, 3.63) is 24.3 Å². The highest BCUT2D eigenvalue weighted by molar-refractivity contribution is 7.89. The Morgan fingerprint density at radius 3 is 2.46 bits per heavy atom. The van der Waals surface area contributed by atoms with Crippen molar-refractivity contribution in [3.8, 4) is 5.75 Å². The van der Waals surface area contributed by atoms with Crippen molar-refractivity contribution in [2.45, 2.75) is 29.9 Å². The van der Waals surface area contributed by atoms with Crippen LogP contribution in [0.5, 0.6) is 5.75 Å². The van der Waals surface area contributed by atoms with Crippen molar-refractivity contribution in [3.63, 3.8) is 0 Å². The van der Waals surface area contributed by atoms with Crippen LogP contribution in [0.15, 0.2) is 29.2 Å². The fraction of sp³-hybridized carbons (Fsp3) is 0.667. The van der Waals surface area contributed by atoms with Gasteiger partial charge >= 0.3 is 6.61 Å². The molecule has 2 aliphatic heterocycles. The van der Waals surface area contributed by atoms with E-state index in [1.54, 1.807) is 7.11 Å². The number of benzene rings is 1. The number of halogens is 2. The quantitative estimate of drug-likeness (QED) is 0.670. The molecular formula is C18H26F2N2O5S. The van der Waals surface area contributed by atoms with Gasteiger partial charge in [-0.3, -0.25) is 0 Å². The van der Waals surface area contributed by atoms with Crippen molar-refractivity contribution < 1.29 is 31.4 Å². The number of hydrogen-bond donors (Lipinski definition) is 0. The van der Waals surface area contributed by atoms with Crippen LogP contribution in [0, 0.1) is 0 Å². The normalized spacial score (nSPS) is 21.3. The van der Waals surface area contributed by atoms with Crippen LogP contribution in [-0.2, 0) is 19.5 Å². The molecule has 3 rings (SSSR count).